The van der Waals surface area contributed by atoms with Gasteiger partial charge < -0.3 is 9.72 Å². The second-order valence-corrected chi connectivity index (χ2v) is 6.00. The summed E-state index contributed by atoms with van der Waals surface area (Å²) in [6.45, 7) is 4.54. The molecular formula is C18H23N3O2. The Hall–Kier alpha value is -2.14. The molecule has 0 unspecified atom stereocenters. The molecule has 5 nitrogen and oxygen atoms in total. The molecule has 1 aromatic heterocycles. The summed E-state index contributed by atoms with van der Waals surface area (Å²) in [4.78, 5) is 22.1. The number of nitrogens with one attached hydrogen (secondary N) is 1. The molecule has 0 spiro atoms. The number of methoxy groups -OCH3 is 1. The first-order chi connectivity index (χ1) is 11.2. The van der Waals surface area contributed by atoms with Crippen LogP contribution in [0, 0.1) is 0 Å². The number of rotatable bonds is 5. The van der Waals surface area contributed by atoms with Crippen LogP contribution in [0.3, 0.4) is 0 Å². The molecule has 0 atom stereocenters. The molecule has 23 heavy (non-hydrogen) atoms. The van der Waals surface area contributed by atoms with Gasteiger partial charge >= 0.3 is 0 Å². The summed E-state index contributed by atoms with van der Waals surface area (Å²) < 4.78 is 5.28. The van der Waals surface area contributed by atoms with Crippen LogP contribution >= 0.6 is 0 Å². The Balaban J connectivity index is 1.77. The van der Waals surface area contributed by atoms with Crippen molar-refractivity contribution in [2.75, 3.05) is 13.7 Å². The molecule has 2 heterocycles. The number of aromatic amines is 1. The van der Waals surface area contributed by atoms with Crippen LogP contribution in [0.1, 0.15) is 36.0 Å². The number of aryl methyl sites for hydroxylation is 1. The number of ether oxygens (including phenoxy) is 1. The fourth-order valence-electron chi connectivity index (χ4n) is 3.06. The number of nitrogens with zero attached hydrogens (tertiary/aromatic N) is 2. The van der Waals surface area contributed by atoms with Gasteiger partial charge in [-0.05, 0) is 30.5 Å². The van der Waals surface area contributed by atoms with E-state index in [0.29, 0.717) is 0 Å². The molecule has 0 bridgehead atoms. The molecular weight excluding hydrogens is 290 g/mol. The van der Waals surface area contributed by atoms with Crippen molar-refractivity contribution < 1.29 is 4.74 Å². The van der Waals surface area contributed by atoms with E-state index in [0.717, 1.165) is 61.7 Å². The van der Waals surface area contributed by atoms with Gasteiger partial charge in [-0.3, -0.25) is 9.69 Å². The lowest BCUT2D eigenvalue weighted by Gasteiger charge is -2.27. The maximum atomic E-state index is 12.2. The molecule has 0 saturated heterocycles. The van der Waals surface area contributed by atoms with E-state index in [-0.39, 0.29) is 5.56 Å². The molecule has 1 N–H and O–H groups in total. The standard InChI is InChI=1S/C18H23N3O2/c1-3-5-17-19-16-12-21(9-8-15(16)18(22)20-17)11-13-6-4-7-14(10-13)23-2/h4,6-7,10H,3,5,8-9,11-12H2,1-2H3,(H,19,20,22). The van der Waals surface area contributed by atoms with E-state index < -0.39 is 0 Å². The Kier molecular flexibility index (Phi) is 4.76. The average molecular weight is 313 g/mol. The lowest BCUT2D eigenvalue weighted by atomic mass is 10.1. The Labute approximate surface area is 136 Å². The molecule has 0 aliphatic carbocycles. The number of benzene rings is 1. The van der Waals surface area contributed by atoms with Crippen LogP contribution in [-0.4, -0.2) is 28.5 Å². The highest BCUT2D eigenvalue weighted by molar-refractivity contribution is 5.29. The zero-order chi connectivity index (χ0) is 16.2. The van der Waals surface area contributed by atoms with Crippen LogP contribution in [0.25, 0.3) is 0 Å². The highest BCUT2D eigenvalue weighted by atomic mass is 16.5. The van der Waals surface area contributed by atoms with Crippen LogP contribution in [0.2, 0.25) is 0 Å². The summed E-state index contributed by atoms with van der Waals surface area (Å²) in [7, 11) is 1.68. The first-order valence-electron chi connectivity index (χ1n) is 8.16. The molecule has 3 rings (SSSR count). The van der Waals surface area contributed by atoms with Crippen molar-refractivity contribution in [1.82, 2.24) is 14.9 Å². The molecule has 0 radical (unpaired) electrons. The van der Waals surface area contributed by atoms with Gasteiger partial charge in [0.1, 0.15) is 11.6 Å². The molecule has 5 heteroatoms. The minimum absolute atomic E-state index is 0.0412. The number of fused-ring (bicyclic) bond motifs is 1. The van der Waals surface area contributed by atoms with Gasteiger partial charge in [-0.15, -0.1) is 0 Å². The van der Waals surface area contributed by atoms with Crippen LogP contribution in [0.4, 0.5) is 0 Å². The number of hydrogen-bond acceptors (Lipinski definition) is 4. The second kappa shape index (κ2) is 6.96. The normalized spacial score (nSPS) is 14.5. The number of hydrogen-bond donors (Lipinski definition) is 1. The molecule has 0 saturated carbocycles. The van der Waals surface area contributed by atoms with Crippen LogP contribution in [0.5, 0.6) is 5.75 Å². The monoisotopic (exact) mass is 313 g/mol. The molecule has 1 aliphatic heterocycles. The van der Waals surface area contributed by atoms with E-state index in [1.54, 1.807) is 7.11 Å². The van der Waals surface area contributed by atoms with E-state index in [2.05, 4.69) is 33.9 Å². The summed E-state index contributed by atoms with van der Waals surface area (Å²) >= 11 is 0. The van der Waals surface area contributed by atoms with Gasteiger partial charge in [-0.2, -0.15) is 0 Å². The van der Waals surface area contributed by atoms with Crippen LogP contribution < -0.4 is 10.3 Å². The van der Waals surface area contributed by atoms with Crippen molar-refractivity contribution in [1.29, 1.82) is 0 Å². The Bertz CT molecular complexity index is 739. The zero-order valence-corrected chi connectivity index (χ0v) is 13.8. The van der Waals surface area contributed by atoms with E-state index >= 15 is 0 Å². The van der Waals surface area contributed by atoms with Gasteiger partial charge in [0, 0.05) is 31.6 Å². The lowest BCUT2D eigenvalue weighted by molar-refractivity contribution is 0.239. The van der Waals surface area contributed by atoms with Crippen LogP contribution in [0.15, 0.2) is 29.1 Å². The van der Waals surface area contributed by atoms with Crippen molar-refractivity contribution in [2.45, 2.75) is 39.3 Å². The topological polar surface area (TPSA) is 58.2 Å². The highest BCUT2D eigenvalue weighted by Gasteiger charge is 2.21. The molecule has 122 valence electrons. The Morgan fingerprint density at radius 2 is 2.26 bits per heavy atom. The van der Waals surface area contributed by atoms with Gasteiger partial charge in [-0.1, -0.05) is 19.1 Å². The van der Waals surface area contributed by atoms with E-state index in [4.69, 9.17) is 4.74 Å². The number of H-pyrrole nitrogens is 1. The predicted molar refractivity (Wildman–Crippen MR) is 89.7 cm³/mol. The molecule has 0 fully saturated rings. The number of aromatic nitrogens is 2. The van der Waals surface area contributed by atoms with Crippen molar-refractivity contribution in [3.63, 3.8) is 0 Å². The summed E-state index contributed by atoms with van der Waals surface area (Å²) in [5, 5.41) is 0. The predicted octanol–water partition coefficient (Wildman–Crippen LogP) is 2.29. The van der Waals surface area contributed by atoms with Gasteiger partial charge in [0.05, 0.1) is 12.8 Å². The van der Waals surface area contributed by atoms with Crippen molar-refractivity contribution in [3.8, 4) is 5.75 Å². The van der Waals surface area contributed by atoms with Gasteiger partial charge in [0.2, 0.25) is 0 Å². The third kappa shape index (κ3) is 3.62. The quantitative estimate of drug-likeness (QED) is 0.920. The minimum Gasteiger partial charge on any atom is -0.497 e. The molecule has 1 aromatic carbocycles. The van der Waals surface area contributed by atoms with E-state index in [1.165, 1.54) is 5.56 Å². The lowest BCUT2D eigenvalue weighted by Crippen LogP contribution is -2.35. The SMILES string of the molecule is CCCc1nc2c(c(=O)[nH]1)CCN(Cc1cccc(OC)c1)C2. The molecule has 2 aromatic rings. The summed E-state index contributed by atoms with van der Waals surface area (Å²) in [6, 6.07) is 8.12. The molecule has 0 amide bonds. The summed E-state index contributed by atoms with van der Waals surface area (Å²) in [6.07, 6.45) is 2.56. The zero-order valence-electron chi connectivity index (χ0n) is 13.8. The third-order valence-electron chi connectivity index (χ3n) is 4.23. The first kappa shape index (κ1) is 15.7. The fraction of sp³-hybridized carbons (Fsp3) is 0.444. The van der Waals surface area contributed by atoms with Gasteiger partial charge in [0.25, 0.3) is 5.56 Å². The first-order valence-corrected chi connectivity index (χ1v) is 8.16. The minimum atomic E-state index is 0.0412. The van der Waals surface area contributed by atoms with E-state index in [1.807, 2.05) is 12.1 Å². The largest absolute Gasteiger partial charge is 0.497 e. The maximum absolute atomic E-state index is 12.2. The van der Waals surface area contributed by atoms with Crippen molar-refractivity contribution in [2.24, 2.45) is 0 Å². The second-order valence-electron chi connectivity index (χ2n) is 6.00. The maximum Gasteiger partial charge on any atom is 0.254 e. The summed E-state index contributed by atoms with van der Waals surface area (Å²) in [5.41, 5.74) is 3.05. The van der Waals surface area contributed by atoms with Crippen LogP contribution in [-0.2, 0) is 25.9 Å². The highest BCUT2D eigenvalue weighted by Crippen LogP contribution is 2.19. The Morgan fingerprint density at radius 1 is 1.39 bits per heavy atom. The van der Waals surface area contributed by atoms with Crippen molar-refractivity contribution >= 4 is 0 Å². The van der Waals surface area contributed by atoms with Crippen molar-refractivity contribution in [3.05, 3.63) is 57.3 Å². The van der Waals surface area contributed by atoms with E-state index in [9.17, 15) is 4.79 Å². The Morgan fingerprint density at radius 3 is 3.04 bits per heavy atom. The molecule has 1 aliphatic rings. The van der Waals surface area contributed by atoms with Gasteiger partial charge in [0.15, 0.2) is 0 Å². The fourth-order valence-corrected chi connectivity index (χ4v) is 3.06. The average Bonchev–Trinajstić information content (AvgIpc) is 2.55. The smallest absolute Gasteiger partial charge is 0.254 e. The summed E-state index contributed by atoms with van der Waals surface area (Å²) in [5.74, 6) is 1.68. The third-order valence-corrected chi connectivity index (χ3v) is 4.23. The van der Waals surface area contributed by atoms with Gasteiger partial charge in [-0.25, -0.2) is 4.98 Å².